The third-order valence-corrected chi connectivity index (χ3v) is 4.99. The number of H-pyrrole nitrogens is 1. The van der Waals surface area contributed by atoms with E-state index < -0.39 is 0 Å². The number of nitrogens with zero attached hydrogens (tertiary/aromatic N) is 2. The second-order valence-corrected chi connectivity index (χ2v) is 6.95. The van der Waals surface area contributed by atoms with Crippen molar-refractivity contribution in [3.05, 3.63) is 59.5 Å². The van der Waals surface area contributed by atoms with E-state index in [-0.39, 0.29) is 5.82 Å². The van der Waals surface area contributed by atoms with Crippen molar-refractivity contribution >= 4 is 16.6 Å². The standard InChI is InChI=1S/C20H23FN4/c1-14-2-3-15(19(21)10-14)6-8-25-9-7-18(13-25)23-17-4-5-20-16(11-17)12-22-24-20/h2-5,10-12,18,23H,6-9,13H2,1H3,(H,22,24). The summed E-state index contributed by atoms with van der Waals surface area (Å²) in [7, 11) is 0. The van der Waals surface area contributed by atoms with Crippen molar-refractivity contribution < 1.29 is 4.39 Å². The zero-order valence-electron chi connectivity index (χ0n) is 14.4. The SMILES string of the molecule is Cc1ccc(CCN2CCC(Nc3ccc4[nH]ncc4c3)C2)c(F)c1. The predicted octanol–water partition coefficient (Wildman–Crippen LogP) is 3.74. The number of nitrogens with one attached hydrogen (secondary N) is 2. The van der Waals surface area contributed by atoms with Gasteiger partial charge in [0.05, 0.1) is 11.7 Å². The van der Waals surface area contributed by atoms with Crippen LogP contribution in [0.15, 0.2) is 42.6 Å². The van der Waals surface area contributed by atoms with Crippen LogP contribution in [0.2, 0.25) is 0 Å². The number of anilines is 1. The molecule has 0 amide bonds. The normalized spacial score (nSPS) is 18.1. The lowest BCUT2D eigenvalue weighted by molar-refractivity contribution is 0.339. The molecule has 1 fully saturated rings. The molecular formula is C20H23FN4. The Hall–Kier alpha value is -2.40. The number of hydrogen-bond donors (Lipinski definition) is 2. The average molecular weight is 338 g/mol. The molecule has 1 atom stereocenters. The largest absolute Gasteiger partial charge is 0.381 e. The number of benzene rings is 2. The van der Waals surface area contributed by atoms with Gasteiger partial charge in [0.25, 0.3) is 0 Å². The summed E-state index contributed by atoms with van der Waals surface area (Å²) in [5, 5.41) is 11.8. The van der Waals surface area contributed by atoms with Crippen molar-refractivity contribution in [2.24, 2.45) is 0 Å². The molecule has 0 bridgehead atoms. The van der Waals surface area contributed by atoms with Gasteiger partial charge < -0.3 is 10.2 Å². The maximum atomic E-state index is 14.0. The minimum Gasteiger partial charge on any atom is -0.381 e. The number of aryl methyl sites for hydroxylation is 1. The molecule has 2 heterocycles. The van der Waals surface area contributed by atoms with Gasteiger partial charge in [-0.3, -0.25) is 5.10 Å². The van der Waals surface area contributed by atoms with Gasteiger partial charge in [-0.25, -0.2) is 4.39 Å². The van der Waals surface area contributed by atoms with Crippen molar-refractivity contribution in [2.45, 2.75) is 25.8 Å². The Morgan fingerprint density at radius 3 is 3.08 bits per heavy atom. The van der Waals surface area contributed by atoms with Gasteiger partial charge in [0.2, 0.25) is 0 Å². The highest BCUT2D eigenvalue weighted by Gasteiger charge is 2.22. The van der Waals surface area contributed by atoms with Crippen molar-refractivity contribution in [2.75, 3.05) is 25.0 Å². The molecule has 0 spiro atoms. The van der Waals surface area contributed by atoms with E-state index >= 15 is 0 Å². The monoisotopic (exact) mass is 338 g/mol. The highest BCUT2D eigenvalue weighted by Crippen LogP contribution is 2.21. The quantitative estimate of drug-likeness (QED) is 0.745. The molecule has 3 aromatic rings. The molecule has 5 heteroatoms. The summed E-state index contributed by atoms with van der Waals surface area (Å²) in [5.74, 6) is -0.0812. The van der Waals surface area contributed by atoms with E-state index in [9.17, 15) is 4.39 Å². The van der Waals surface area contributed by atoms with E-state index in [4.69, 9.17) is 0 Å². The van der Waals surface area contributed by atoms with E-state index in [0.717, 1.165) is 60.2 Å². The van der Waals surface area contributed by atoms with E-state index in [1.807, 2.05) is 25.3 Å². The van der Waals surface area contributed by atoms with E-state index in [0.29, 0.717) is 6.04 Å². The Morgan fingerprint density at radius 2 is 2.20 bits per heavy atom. The summed E-state index contributed by atoms with van der Waals surface area (Å²) >= 11 is 0. The zero-order chi connectivity index (χ0) is 17.2. The number of fused-ring (bicyclic) bond motifs is 1. The molecule has 2 N–H and O–H groups in total. The topological polar surface area (TPSA) is 44.0 Å². The van der Waals surface area contributed by atoms with Crippen LogP contribution < -0.4 is 5.32 Å². The third-order valence-electron chi connectivity index (χ3n) is 4.99. The molecule has 1 saturated heterocycles. The molecular weight excluding hydrogens is 315 g/mol. The number of hydrogen-bond acceptors (Lipinski definition) is 3. The van der Waals surface area contributed by atoms with Crippen molar-refractivity contribution in [3.8, 4) is 0 Å². The molecule has 0 radical (unpaired) electrons. The number of rotatable bonds is 5. The number of aromatic nitrogens is 2. The Balaban J connectivity index is 1.31. The first-order valence-electron chi connectivity index (χ1n) is 8.84. The van der Waals surface area contributed by atoms with Gasteiger partial charge in [0, 0.05) is 36.7 Å². The summed E-state index contributed by atoms with van der Waals surface area (Å²) in [6.45, 7) is 4.87. The molecule has 1 aliphatic heterocycles. The third kappa shape index (κ3) is 3.66. The Labute approximate surface area is 147 Å². The smallest absolute Gasteiger partial charge is 0.126 e. The molecule has 1 aromatic heterocycles. The van der Waals surface area contributed by atoms with Crippen LogP contribution in [0.25, 0.3) is 10.9 Å². The predicted molar refractivity (Wildman–Crippen MR) is 99.4 cm³/mol. The average Bonchev–Trinajstić information content (AvgIpc) is 3.23. The first-order chi connectivity index (χ1) is 12.2. The second kappa shape index (κ2) is 6.84. The number of likely N-dealkylation sites (tertiary alicyclic amines) is 1. The van der Waals surface area contributed by atoms with Crippen molar-refractivity contribution in [3.63, 3.8) is 0 Å². The maximum Gasteiger partial charge on any atom is 0.126 e. The Morgan fingerprint density at radius 1 is 1.28 bits per heavy atom. The van der Waals surface area contributed by atoms with Crippen molar-refractivity contribution in [1.82, 2.24) is 15.1 Å². The van der Waals surface area contributed by atoms with Crippen LogP contribution in [0.3, 0.4) is 0 Å². The van der Waals surface area contributed by atoms with Crippen LogP contribution in [0.4, 0.5) is 10.1 Å². The highest BCUT2D eigenvalue weighted by molar-refractivity contribution is 5.81. The molecule has 1 unspecified atom stereocenters. The first-order valence-corrected chi connectivity index (χ1v) is 8.84. The van der Waals surface area contributed by atoms with Gasteiger partial charge in [-0.15, -0.1) is 0 Å². The lowest BCUT2D eigenvalue weighted by atomic mass is 10.1. The fourth-order valence-electron chi connectivity index (χ4n) is 3.56. The first kappa shape index (κ1) is 16.1. The van der Waals surface area contributed by atoms with Gasteiger partial charge in [0.15, 0.2) is 0 Å². The minimum absolute atomic E-state index is 0.0812. The van der Waals surface area contributed by atoms with Gasteiger partial charge in [-0.05, 0) is 55.2 Å². The van der Waals surface area contributed by atoms with Gasteiger partial charge in [-0.1, -0.05) is 12.1 Å². The molecule has 4 rings (SSSR count). The maximum absolute atomic E-state index is 14.0. The fourth-order valence-corrected chi connectivity index (χ4v) is 3.56. The molecule has 2 aromatic carbocycles. The molecule has 0 saturated carbocycles. The van der Waals surface area contributed by atoms with Crippen LogP contribution in [0.1, 0.15) is 17.5 Å². The second-order valence-electron chi connectivity index (χ2n) is 6.95. The van der Waals surface area contributed by atoms with Crippen LogP contribution in [0.5, 0.6) is 0 Å². The Kier molecular flexibility index (Phi) is 4.40. The molecule has 1 aliphatic rings. The molecule has 25 heavy (non-hydrogen) atoms. The van der Waals surface area contributed by atoms with E-state index in [1.54, 1.807) is 6.07 Å². The van der Waals surface area contributed by atoms with Gasteiger partial charge in [0.1, 0.15) is 5.82 Å². The lowest BCUT2D eigenvalue weighted by Crippen LogP contribution is -2.28. The zero-order valence-corrected chi connectivity index (χ0v) is 14.4. The van der Waals surface area contributed by atoms with E-state index in [1.165, 1.54) is 0 Å². The van der Waals surface area contributed by atoms with Crippen LogP contribution in [0, 0.1) is 12.7 Å². The van der Waals surface area contributed by atoms with Crippen LogP contribution >= 0.6 is 0 Å². The van der Waals surface area contributed by atoms with Crippen LogP contribution in [-0.4, -0.2) is 40.8 Å². The fraction of sp³-hybridized carbons (Fsp3) is 0.350. The summed E-state index contributed by atoms with van der Waals surface area (Å²) in [6.07, 6.45) is 3.72. The summed E-state index contributed by atoms with van der Waals surface area (Å²) in [5.41, 5.74) is 3.97. The van der Waals surface area contributed by atoms with Gasteiger partial charge >= 0.3 is 0 Å². The number of halogens is 1. The summed E-state index contributed by atoms with van der Waals surface area (Å²) < 4.78 is 14.0. The minimum atomic E-state index is -0.0812. The lowest BCUT2D eigenvalue weighted by Gasteiger charge is -2.17. The Bertz CT molecular complexity index is 873. The molecule has 130 valence electrons. The van der Waals surface area contributed by atoms with Gasteiger partial charge in [-0.2, -0.15) is 5.10 Å². The number of aromatic amines is 1. The summed E-state index contributed by atoms with van der Waals surface area (Å²) in [4.78, 5) is 2.41. The van der Waals surface area contributed by atoms with Crippen LogP contribution in [-0.2, 0) is 6.42 Å². The molecule has 4 nitrogen and oxygen atoms in total. The van der Waals surface area contributed by atoms with E-state index in [2.05, 4.69) is 38.6 Å². The van der Waals surface area contributed by atoms with Crippen molar-refractivity contribution in [1.29, 1.82) is 0 Å². The summed E-state index contributed by atoms with van der Waals surface area (Å²) in [6, 6.07) is 12.2. The highest BCUT2D eigenvalue weighted by atomic mass is 19.1. The molecule has 0 aliphatic carbocycles.